The molecule has 0 aliphatic carbocycles. The van der Waals surface area contributed by atoms with Gasteiger partial charge in [-0.1, -0.05) is 54.4 Å². The van der Waals surface area contributed by atoms with Gasteiger partial charge < -0.3 is 97.4 Å². The Balaban J connectivity index is 3.84. The fourth-order valence-corrected chi connectivity index (χ4v) is 8.60. The molecule has 23 N–H and O–H groups in total. The van der Waals surface area contributed by atoms with Crippen LogP contribution < -0.4 is 87.2 Å². The second-order valence-electron chi connectivity index (χ2n) is 21.6. The highest BCUT2D eigenvalue weighted by Crippen LogP contribution is 2.13. The van der Waals surface area contributed by atoms with Crippen LogP contribution in [0, 0.1) is 17.8 Å². The number of hydrogen-bond donors (Lipinski definition) is 18. The smallest absolute Gasteiger partial charge is 0.245 e. The Bertz CT molecular complexity index is 2050. The van der Waals surface area contributed by atoms with Crippen molar-refractivity contribution >= 4 is 65.0 Å². The third-order valence-corrected chi connectivity index (χ3v) is 13.4. The minimum atomic E-state index is -1.69. The van der Waals surface area contributed by atoms with Gasteiger partial charge in [0, 0.05) is 13.0 Å². The lowest BCUT2D eigenvalue weighted by Crippen LogP contribution is -2.62. The lowest BCUT2D eigenvalue weighted by molar-refractivity contribution is -0.137. The molecule has 29 nitrogen and oxygen atoms in total. The Morgan fingerprint density at radius 1 is 0.531 bits per heavy atom. The number of carbonyl (C=O) groups is 11. The van der Waals surface area contributed by atoms with E-state index < -0.39 is 151 Å². The van der Waals surface area contributed by atoms with Crippen molar-refractivity contribution in [2.24, 2.45) is 46.4 Å². The molecule has 1 heterocycles. The van der Waals surface area contributed by atoms with Crippen LogP contribution in [0.4, 0.5) is 0 Å². The molecule has 13 atom stereocenters. The second kappa shape index (κ2) is 38.6. The van der Waals surface area contributed by atoms with Crippen molar-refractivity contribution < 1.29 is 63.0 Å². The normalized spacial score (nSPS) is 23.6. The van der Waals surface area contributed by atoms with Crippen LogP contribution in [-0.4, -0.2) is 187 Å². The molecule has 0 aromatic carbocycles. The van der Waals surface area contributed by atoms with Gasteiger partial charge in [-0.25, -0.2) is 0 Å². The summed E-state index contributed by atoms with van der Waals surface area (Å²) in [6.07, 6.45) is -1.79. The quantitative estimate of drug-likeness (QED) is 0.0347. The number of rotatable bonds is 28. The Kier molecular flexibility index (Phi) is 34.7. The summed E-state index contributed by atoms with van der Waals surface area (Å²) in [5, 5.41) is 49.5. The fourth-order valence-electron chi connectivity index (χ4n) is 8.60. The molecule has 0 bridgehead atoms. The second-order valence-corrected chi connectivity index (χ2v) is 21.6. The molecule has 1 saturated heterocycles. The molecule has 1 fully saturated rings. The van der Waals surface area contributed by atoms with Crippen LogP contribution in [-0.2, 0) is 52.7 Å². The molecule has 1 aliphatic rings. The van der Waals surface area contributed by atoms with Crippen LogP contribution in [0.2, 0.25) is 0 Å². The van der Waals surface area contributed by atoms with Gasteiger partial charge in [-0.15, -0.1) is 0 Å². The van der Waals surface area contributed by atoms with Crippen molar-refractivity contribution in [3.8, 4) is 0 Å². The first-order valence-electron chi connectivity index (χ1n) is 28.3. The molecular formula is C52H98N16O13. The molecule has 0 radical (unpaired) electrons. The molecule has 0 saturated carbocycles. The zero-order valence-electron chi connectivity index (χ0n) is 48.7. The van der Waals surface area contributed by atoms with Crippen molar-refractivity contribution in [1.29, 1.82) is 0 Å². The molecule has 81 heavy (non-hydrogen) atoms. The third kappa shape index (κ3) is 27.0. The Labute approximate surface area is 475 Å². The van der Waals surface area contributed by atoms with Crippen LogP contribution >= 0.6 is 0 Å². The number of aliphatic hydroxyl groups excluding tert-OH is 2. The molecule has 7 unspecified atom stereocenters. The highest BCUT2D eigenvalue weighted by atomic mass is 16.3. The predicted octanol–water partition coefficient (Wildman–Crippen LogP) is -5.83. The van der Waals surface area contributed by atoms with E-state index in [-0.39, 0.29) is 95.9 Å². The zero-order valence-corrected chi connectivity index (χ0v) is 48.7. The van der Waals surface area contributed by atoms with Crippen molar-refractivity contribution in [3.05, 3.63) is 0 Å². The van der Waals surface area contributed by atoms with Crippen molar-refractivity contribution in [1.82, 2.24) is 58.5 Å². The van der Waals surface area contributed by atoms with Crippen LogP contribution in [0.15, 0.2) is 0 Å². The molecule has 1 aliphatic heterocycles. The molecule has 29 heteroatoms. The van der Waals surface area contributed by atoms with Gasteiger partial charge in [0.1, 0.15) is 60.4 Å². The summed E-state index contributed by atoms with van der Waals surface area (Å²) in [7, 11) is 0. The van der Waals surface area contributed by atoms with E-state index in [1.54, 1.807) is 27.7 Å². The summed E-state index contributed by atoms with van der Waals surface area (Å²) < 4.78 is 0. The van der Waals surface area contributed by atoms with Crippen molar-refractivity contribution in [2.45, 2.75) is 205 Å². The lowest BCUT2D eigenvalue weighted by Gasteiger charge is -2.29. The summed E-state index contributed by atoms with van der Waals surface area (Å²) in [5.41, 5.74) is 29.2. The van der Waals surface area contributed by atoms with Gasteiger partial charge in [0.2, 0.25) is 65.0 Å². The monoisotopic (exact) mass is 1150 g/mol. The first-order valence-corrected chi connectivity index (χ1v) is 28.3. The Morgan fingerprint density at radius 2 is 0.963 bits per heavy atom. The third-order valence-electron chi connectivity index (χ3n) is 13.4. The highest BCUT2D eigenvalue weighted by molar-refractivity contribution is 5.99. The number of amides is 11. The molecule has 0 spiro atoms. The van der Waals surface area contributed by atoms with Gasteiger partial charge >= 0.3 is 0 Å². The van der Waals surface area contributed by atoms with E-state index in [0.717, 1.165) is 12.8 Å². The number of hydrogen-bond acceptors (Lipinski definition) is 18. The molecule has 0 aromatic heterocycles. The van der Waals surface area contributed by atoms with Crippen LogP contribution in [0.5, 0.6) is 0 Å². The SMILES string of the molecule is CCC(C)CCCC(=O)N[C@@H](CCN)C(=O)N[C@H](C(=O)N[C@@H](CCN)C(=O)NC1CCNC(=O)C([C@@H](C)O)NC(=O)[C@H](CCN)NC(=O)C(CCN)NC(=O)C(CC(C)C)NC(=O)C(CC(C)C)NC(=O)C(CCN)NC1=O)[C@@H](C)O. The predicted molar refractivity (Wildman–Crippen MR) is 301 cm³/mol. The fraction of sp³-hybridized carbons (Fsp3) is 0.788. The van der Waals surface area contributed by atoms with Gasteiger partial charge in [0.15, 0.2) is 0 Å². The van der Waals surface area contributed by atoms with Crippen molar-refractivity contribution in [2.75, 3.05) is 39.3 Å². The maximum Gasteiger partial charge on any atom is 0.245 e. The van der Waals surface area contributed by atoms with Gasteiger partial charge in [-0.3, -0.25) is 52.7 Å². The van der Waals surface area contributed by atoms with Crippen LogP contribution in [0.3, 0.4) is 0 Å². The maximum absolute atomic E-state index is 14.4. The number of nitrogens with one attached hydrogen (secondary N) is 11. The standard InChI is InChI=1S/C52H98N16O13/c1-9-29(6)11-10-12-40(71)59-32(13-19-53)47(76)68-42(31(8)70)52(81)64-35(16-22-56)44(73)63-37-18-24-58-51(80)41(30(7)69)67-48(77)36(17-23-57)61-43(72)33(14-20-54)62-49(78)38(25-27(2)3)66-50(79)39(26-28(4)5)65-45(74)34(15-21-55)60-46(37)75/h27-39,41-42,69-70H,9-26,53-57H2,1-8H3,(H,58,80)(H,59,71)(H,60,75)(H,61,72)(H,62,78)(H,63,73)(H,64,81)(H,65,74)(H,66,79)(H,67,77)(H,68,76)/t29?,30-,31-,32+,33?,34?,35+,36+,37?,38?,39?,41?,42+/m1/s1. The summed E-state index contributed by atoms with van der Waals surface area (Å²) in [4.78, 5) is 153. The minimum absolute atomic E-state index is 0.0146. The lowest BCUT2D eigenvalue weighted by atomic mass is 9.99. The zero-order chi connectivity index (χ0) is 61.5. The maximum atomic E-state index is 14.4. The van der Waals surface area contributed by atoms with Gasteiger partial charge in [-0.05, 0) is 122 Å². The largest absolute Gasteiger partial charge is 0.391 e. The summed E-state index contributed by atoms with van der Waals surface area (Å²) in [6, 6.07) is -14.5. The summed E-state index contributed by atoms with van der Waals surface area (Å²) in [6.45, 7) is 12.5. The first-order chi connectivity index (χ1) is 38.2. The first kappa shape index (κ1) is 72.9. The average molecular weight is 1160 g/mol. The molecule has 11 amide bonds. The van der Waals surface area contributed by atoms with E-state index >= 15 is 0 Å². The van der Waals surface area contributed by atoms with E-state index in [4.69, 9.17) is 28.7 Å². The topological polar surface area (TPSA) is 491 Å². The highest BCUT2D eigenvalue weighted by Gasteiger charge is 2.37. The summed E-state index contributed by atoms with van der Waals surface area (Å²) in [5.74, 6) is -9.60. The van der Waals surface area contributed by atoms with Gasteiger partial charge in [0.05, 0.1) is 12.2 Å². The number of carbonyl (C=O) groups excluding carboxylic acids is 11. The molecule has 464 valence electrons. The Hall–Kier alpha value is -6.11. The van der Waals surface area contributed by atoms with Gasteiger partial charge in [-0.2, -0.15) is 0 Å². The van der Waals surface area contributed by atoms with Crippen LogP contribution in [0.25, 0.3) is 0 Å². The molecular weight excluding hydrogens is 1060 g/mol. The minimum Gasteiger partial charge on any atom is -0.391 e. The van der Waals surface area contributed by atoms with E-state index in [1.165, 1.54) is 13.8 Å². The van der Waals surface area contributed by atoms with E-state index in [9.17, 15) is 63.0 Å². The Morgan fingerprint density at radius 3 is 1.38 bits per heavy atom. The van der Waals surface area contributed by atoms with E-state index in [1.807, 2.05) is 6.92 Å². The van der Waals surface area contributed by atoms with E-state index in [2.05, 4.69) is 65.4 Å². The average Bonchev–Trinajstić information content (AvgIpc) is 3.41. The summed E-state index contributed by atoms with van der Waals surface area (Å²) >= 11 is 0. The number of nitrogens with two attached hydrogens (primary N) is 5. The van der Waals surface area contributed by atoms with Gasteiger partial charge in [0.25, 0.3) is 0 Å². The van der Waals surface area contributed by atoms with Crippen LogP contribution in [0.1, 0.15) is 132 Å². The molecule has 1 rings (SSSR count). The molecule has 0 aromatic rings. The van der Waals surface area contributed by atoms with Crippen molar-refractivity contribution in [3.63, 3.8) is 0 Å². The number of aliphatic hydroxyl groups is 2. The van der Waals surface area contributed by atoms with E-state index in [0.29, 0.717) is 12.3 Å².